The van der Waals surface area contributed by atoms with E-state index in [2.05, 4.69) is 0 Å². The standard InChI is InChI=1S/C9H18O3S/c1-6-7(13(5,11)12)8(10)9(2,3)4/h7H,6H2,1-5H3/t7-/m0/s1. The Labute approximate surface area is 80.4 Å². The highest BCUT2D eigenvalue weighted by atomic mass is 32.2. The number of carbonyl (C=O) groups excluding carboxylic acids is 1. The van der Waals surface area contributed by atoms with Crippen LogP contribution in [0.1, 0.15) is 34.1 Å². The summed E-state index contributed by atoms with van der Waals surface area (Å²) in [6.45, 7) is 6.94. The molecule has 0 bridgehead atoms. The minimum Gasteiger partial charge on any atom is -0.298 e. The van der Waals surface area contributed by atoms with Gasteiger partial charge < -0.3 is 0 Å². The predicted molar refractivity (Wildman–Crippen MR) is 53.4 cm³/mol. The Hall–Kier alpha value is -0.380. The molecule has 4 heteroatoms. The summed E-state index contributed by atoms with van der Waals surface area (Å²) in [5.41, 5.74) is -0.580. The van der Waals surface area contributed by atoms with E-state index in [-0.39, 0.29) is 5.78 Å². The Balaban J connectivity index is 4.94. The lowest BCUT2D eigenvalue weighted by Gasteiger charge is -2.22. The molecule has 0 unspecified atom stereocenters. The second-order valence-electron chi connectivity index (χ2n) is 4.34. The van der Waals surface area contributed by atoms with E-state index < -0.39 is 20.5 Å². The fourth-order valence-corrected chi connectivity index (χ4v) is 2.51. The lowest BCUT2D eigenvalue weighted by Crippen LogP contribution is -2.37. The highest BCUT2D eigenvalue weighted by molar-refractivity contribution is 7.92. The molecule has 0 aliphatic rings. The van der Waals surface area contributed by atoms with Gasteiger partial charge in [-0.3, -0.25) is 4.79 Å². The van der Waals surface area contributed by atoms with Gasteiger partial charge in [-0.2, -0.15) is 0 Å². The van der Waals surface area contributed by atoms with Crippen LogP contribution in [0.25, 0.3) is 0 Å². The molecule has 1 atom stereocenters. The maximum atomic E-state index is 11.7. The van der Waals surface area contributed by atoms with Gasteiger partial charge in [0.05, 0.1) is 0 Å². The van der Waals surface area contributed by atoms with Crippen LogP contribution >= 0.6 is 0 Å². The molecule has 0 heterocycles. The van der Waals surface area contributed by atoms with Crippen LogP contribution < -0.4 is 0 Å². The minimum absolute atomic E-state index is 0.197. The number of ketones is 1. The highest BCUT2D eigenvalue weighted by Gasteiger charge is 2.34. The zero-order valence-corrected chi connectivity index (χ0v) is 9.73. The van der Waals surface area contributed by atoms with Gasteiger partial charge in [0.2, 0.25) is 0 Å². The molecular formula is C9H18O3S. The van der Waals surface area contributed by atoms with E-state index >= 15 is 0 Å². The first-order chi connectivity index (χ1) is 5.60. The molecule has 78 valence electrons. The van der Waals surface area contributed by atoms with Crippen molar-refractivity contribution in [2.24, 2.45) is 5.41 Å². The Bertz CT molecular complexity index is 282. The first-order valence-electron chi connectivity index (χ1n) is 4.34. The van der Waals surface area contributed by atoms with E-state index in [1.807, 2.05) is 0 Å². The summed E-state index contributed by atoms with van der Waals surface area (Å²) in [7, 11) is -3.25. The van der Waals surface area contributed by atoms with Gasteiger partial charge in [-0.05, 0) is 6.42 Å². The van der Waals surface area contributed by atoms with Gasteiger partial charge in [0.25, 0.3) is 0 Å². The van der Waals surface area contributed by atoms with E-state index in [1.54, 1.807) is 27.7 Å². The van der Waals surface area contributed by atoms with Crippen LogP contribution in [-0.4, -0.2) is 25.7 Å². The second kappa shape index (κ2) is 3.78. The van der Waals surface area contributed by atoms with Gasteiger partial charge in [-0.25, -0.2) is 8.42 Å². The van der Waals surface area contributed by atoms with E-state index in [1.165, 1.54) is 0 Å². The number of hydrogen-bond acceptors (Lipinski definition) is 3. The van der Waals surface area contributed by atoms with Gasteiger partial charge in [0.1, 0.15) is 5.25 Å². The smallest absolute Gasteiger partial charge is 0.157 e. The summed E-state index contributed by atoms with van der Waals surface area (Å²) in [5, 5.41) is -0.840. The summed E-state index contributed by atoms with van der Waals surface area (Å²) in [4.78, 5) is 11.7. The van der Waals surface area contributed by atoms with Crippen LogP contribution in [0.4, 0.5) is 0 Å². The third kappa shape index (κ3) is 3.46. The highest BCUT2D eigenvalue weighted by Crippen LogP contribution is 2.21. The lowest BCUT2D eigenvalue weighted by molar-refractivity contribution is -0.125. The zero-order valence-electron chi connectivity index (χ0n) is 8.92. The average molecular weight is 206 g/mol. The number of hydrogen-bond donors (Lipinski definition) is 0. The van der Waals surface area contributed by atoms with Gasteiger partial charge in [-0.15, -0.1) is 0 Å². The van der Waals surface area contributed by atoms with Crippen molar-refractivity contribution in [1.82, 2.24) is 0 Å². The monoisotopic (exact) mass is 206 g/mol. The molecule has 13 heavy (non-hydrogen) atoms. The molecule has 0 spiro atoms. The third-order valence-corrected chi connectivity index (χ3v) is 3.50. The third-order valence-electron chi connectivity index (χ3n) is 1.92. The Kier molecular flexibility index (Phi) is 3.67. The summed E-state index contributed by atoms with van der Waals surface area (Å²) < 4.78 is 22.5. The first-order valence-corrected chi connectivity index (χ1v) is 6.29. The van der Waals surface area contributed by atoms with Gasteiger partial charge in [-0.1, -0.05) is 27.7 Å². The molecule has 0 saturated heterocycles. The Morgan fingerprint density at radius 3 is 1.77 bits per heavy atom. The molecule has 0 aromatic heterocycles. The van der Waals surface area contributed by atoms with E-state index in [0.29, 0.717) is 6.42 Å². The minimum atomic E-state index is -3.25. The maximum absolute atomic E-state index is 11.7. The predicted octanol–water partition coefficient (Wildman–Crippen LogP) is 1.42. The lowest BCUT2D eigenvalue weighted by atomic mass is 9.88. The molecule has 0 aromatic rings. The van der Waals surface area contributed by atoms with Crippen molar-refractivity contribution in [3.05, 3.63) is 0 Å². The molecule has 3 nitrogen and oxygen atoms in total. The number of Topliss-reactive ketones (excluding diaryl/α,β-unsaturated/α-hetero) is 1. The van der Waals surface area contributed by atoms with Crippen LogP contribution in [-0.2, 0) is 14.6 Å². The molecule has 0 N–H and O–H groups in total. The van der Waals surface area contributed by atoms with Crippen molar-refractivity contribution >= 4 is 15.6 Å². The number of carbonyl (C=O) groups is 1. The van der Waals surface area contributed by atoms with Crippen LogP contribution in [0.5, 0.6) is 0 Å². The summed E-state index contributed by atoms with van der Waals surface area (Å²) in [5.74, 6) is -0.197. The summed E-state index contributed by atoms with van der Waals surface area (Å²) in [6.07, 6.45) is 1.47. The van der Waals surface area contributed by atoms with Crippen molar-refractivity contribution in [3.63, 3.8) is 0 Å². The van der Waals surface area contributed by atoms with E-state index in [4.69, 9.17) is 0 Å². The van der Waals surface area contributed by atoms with Crippen molar-refractivity contribution in [2.75, 3.05) is 6.26 Å². The SMILES string of the molecule is CC[C@@H](C(=O)C(C)(C)C)S(C)(=O)=O. The van der Waals surface area contributed by atoms with Gasteiger partial charge >= 0.3 is 0 Å². The molecule has 0 radical (unpaired) electrons. The molecule has 0 aliphatic carbocycles. The number of rotatable bonds is 3. The molecular weight excluding hydrogens is 188 g/mol. The van der Waals surface area contributed by atoms with E-state index in [0.717, 1.165) is 6.26 Å². The van der Waals surface area contributed by atoms with Crippen LogP contribution in [0, 0.1) is 5.41 Å². The van der Waals surface area contributed by atoms with Crippen LogP contribution in [0.15, 0.2) is 0 Å². The summed E-state index contributed by atoms with van der Waals surface area (Å²) >= 11 is 0. The molecule has 0 aromatic carbocycles. The molecule has 0 rings (SSSR count). The topological polar surface area (TPSA) is 51.2 Å². The Morgan fingerprint density at radius 2 is 1.69 bits per heavy atom. The first kappa shape index (κ1) is 12.6. The van der Waals surface area contributed by atoms with Crippen molar-refractivity contribution in [2.45, 2.75) is 39.4 Å². The molecule has 0 fully saturated rings. The number of sulfone groups is 1. The zero-order chi connectivity index (χ0) is 10.9. The van der Waals surface area contributed by atoms with Crippen LogP contribution in [0.2, 0.25) is 0 Å². The van der Waals surface area contributed by atoms with Crippen molar-refractivity contribution in [1.29, 1.82) is 0 Å². The quantitative estimate of drug-likeness (QED) is 0.701. The summed E-state index contributed by atoms with van der Waals surface area (Å²) in [6, 6.07) is 0. The fourth-order valence-electron chi connectivity index (χ4n) is 1.17. The molecule has 0 aliphatic heterocycles. The van der Waals surface area contributed by atoms with Crippen molar-refractivity contribution in [3.8, 4) is 0 Å². The fraction of sp³-hybridized carbons (Fsp3) is 0.889. The van der Waals surface area contributed by atoms with E-state index in [9.17, 15) is 13.2 Å². The van der Waals surface area contributed by atoms with Gasteiger partial charge in [0.15, 0.2) is 15.6 Å². The van der Waals surface area contributed by atoms with Gasteiger partial charge in [0, 0.05) is 11.7 Å². The average Bonchev–Trinajstić information content (AvgIpc) is 1.83. The largest absolute Gasteiger partial charge is 0.298 e. The van der Waals surface area contributed by atoms with Crippen molar-refractivity contribution < 1.29 is 13.2 Å². The Morgan fingerprint density at radius 1 is 1.31 bits per heavy atom. The molecule has 0 amide bonds. The normalized spacial score (nSPS) is 15.5. The molecule has 0 saturated carbocycles. The maximum Gasteiger partial charge on any atom is 0.157 e. The van der Waals surface area contributed by atoms with Crippen LogP contribution in [0.3, 0.4) is 0 Å². The second-order valence-corrected chi connectivity index (χ2v) is 6.57.